The maximum atomic E-state index is 13.3. The fraction of sp³-hybridized carbons (Fsp3) is 0.483. The van der Waals surface area contributed by atoms with Crippen LogP contribution in [0.5, 0.6) is 0 Å². The zero-order valence-electron chi connectivity index (χ0n) is 24.6. The Kier molecular flexibility index (Phi) is 12.0. The number of hydrogen-bond donors (Lipinski definition) is 3. The van der Waals surface area contributed by atoms with Gasteiger partial charge in [-0.25, -0.2) is 22.9 Å². The van der Waals surface area contributed by atoms with Gasteiger partial charge in [-0.2, -0.15) is 31.3 Å². The van der Waals surface area contributed by atoms with Crippen LogP contribution in [0.4, 0.5) is 38.1 Å². The summed E-state index contributed by atoms with van der Waals surface area (Å²) >= 11 is 0. The molecule has 0 unspecified atom stereocenters. The lowest BCUT2D eigenvalue weighted by Crippen LogP contribution is -2.33. The summed E-state index contributed by atoms with van der Waals surface area (Å²) in [5, 5.41) is 11.5. The van der Waals surface area contributed by atoms with Gasteiger partial charge in [-0.3, -0.25) is 0 Å². The van der Waals surface area contributed by atoms with Crippen LogP contribution in [-0.4, -0.2) is 61.8 Å². The van der Waals surface area contributed by atoms with Crippen LogP contribution in [0.3, 0.4) is 0 Å². The number of anilines is 2. The average Bonchev–Trinajstić information content (AvgIpc) is 2.99. The minimum atomic E-state index is -5.08. The quantitative estimate of drug-likeness (QED) is 0.215. The van der Waals surface area contributed by atoms with Crippen molar-refractivity contribution < 1.29 is 44.7 Å². The SMILES string of the molecule is CCN(CC)c1nc(NCC2CCC(CNS(=O)(=O)c3ccccc3C(F)(F)F)CC2)nc2ccccc12.O=C(O)C(F)(F)F. The third kappa shape index (κ3) is 9.91. The predicted octanol–water partition coefficient (Wildman–Crippen LogP) is 6.32. The van der Waals surface area contributed by atoms with Crippen molar-refractivity contribution in [2.45, 2.75) is 56.8 Å². The molecule has 248 valence electrons. The van der Waals surface area contributed by atoms with Crippen LogP contribution in [0.25, 0.3) is 10.9 Å². The highest BCUT2D eigenvalue weighted by atomic mass is 32.2. The second-order valence-corrected chi connectivity index (χ2v) is 12.2. The normalized spacial score (nSPS) is 17.3. The lowest BCUT2D eigenvalue weighted by Gasteiger charge is -2.29. The van der Waals surface area contributed by atoms with Crippen LogP contribution in [0.1, 0.15) is 45.1 Å². The highest BCUT2D eigenvalue weighted by Gasteiger charge is 2.38. The van der Waals surface area contributed by atoms with Gasteiger partial charge in [0.1, 0.15) is 5.82 Å². The molecule has 1 aromatic heterocycles. The van der Waals surface area contributed by atoms with Gasteiger partial charge in [-0.15, -0.1) is 0 Å². The monoisotopic (exact) mass is 663 g/mol. The summed E-state index contributed by atoms with van der Waals surface area (Å²) in [6.07, 6.45) is -6.47. The van der Waals surface area contributed by atoms with E-state index in [0.717, 1.165) is 67.6 Å². The third-order valence-electron chi connectivity index (χ3n) is 7.45. The fourth-order valence-electron chi connectivity index (χ4n) is 5.02. The molecule has 0 atom stereocenters. The van der Waals surface area contributed by atoms with Gasteiger partial charge in [-0.05, 0) is 75.6 Å². The Morgan fingerprint density at radius 2 is 1.42 bits per heavy atom. The molecule has 16 heteroatoms. The summed E-state index contributed by atoms with van der Waals surface area (Å²) < 4.78 is 99.3. The molecule has 0 bridgehead atoms. The van der Waals surface area contributed by atoms with E-state index in [0.29, 0.717) is 18.4 Å². The van der Waals surface area contributed by atoms with Crippen LogP contribution in [-0.2, 0) is 21.0 Å². The maximum Gasteiger partial charge on any atom is 0.490 e. The van der Waals surface area contributed by atoms with Crippen molar-refractivity contribution in [3.8, 4) is 0 Å². The lowest BCUT2D eigenvalue weighted by atomic mass is 9.82. The van der Waals surface area contributed by atoms with Crippen molar-refractivity contribution in [2.75, 3.05) is 36.4 Å². The molecule has 4 rings (SSSR count). The number of alkyl halides is 6. The number of carboxylic acids is 1. The third-order valence-corrected chi connectivity index (χ3v) is 8.93. The Labute approximate surface area is 257 Å². The van der Waals surface area contributed by atoms with Crippen molar-refractivity contribution in [1.29, 1.82) is 0 Å². The van der Waals surface area contributed by atoms with E-state index in [4.69, 9.17) is 19.9 Å². The van der Waals surface area contributed by atoms with Crippen LogP contribution < -0.4 is 14.9 Å². The number of nitrogens with zero attached hydrogens (tertiary/aromatic N) is 3. The molecular formula is C29H35F6N5O4S. The molecule has 1 heterocycles. The van der Waals surface area contributed by atoms with E-state index in [2.05, 4.69) is 28.8 Å². The number of sulfonamides is 1. The van der Waals surface area contributed by atoms with Crippen LogP contribution in [0, 0.1) is 11.8 Å². The Hall–Kier alpha value is -3.66. The molecule has 2 aromatic carbocycles. The van der Waals surface area contributed by atoms with Crippen LogP contribution in [0.15, 0.2) is 53.4 Å². The van der Waals surface area contributed by atoms with Gasteiger partial charge in [0.25, 0.3) is 0 Å². The van der Waals surface area contributed by atoms with Crippen molar-refractivity contribution in [3.05, 3.63) is 54.1 Å². The molecule has 0 saturated heterocycles. The summed E-state index contributed by atoms with van der Waals surface area (Å²) in [6.45, 7) is 6.70. The molecule has 1 aliphatic rings. The smallest absolute Gasteiger partial charge is 0.475 e. The van der Waals surface area contributed by atoms with E-state index in [9.17, 15) is 34.8 Å². The number of rotatable bonds is 10. The molecule has 0 aliphatic heterocycles. The van der Waals surface area contributed by atoms with Crippen molar-refractivity contribution in [3.63, 3.8) is 0 Å². The van der Waals surface area contributed by atoms with E-state index >= 15 is 0 Å². The van der Waals surface area contributed by atoms with Gasteiger partial charge in [0.05, 0.1) is 16.0 Å². The second-order valence-electron chi connectivity index (χ2n) is 10.5. The number of benzene rings is 2. The van der Waals surface area contributed by atoms with Crippen molar-refractivity contribution in [1.82, 2.24) is 14.7 Å². The summed E-state index contributed by atoms with van der Waals surface area (Å²) in [5.41, 5.74) is -0.266. The molecule has 1 aliphatic carbocycles. The Morgan fingerprint density at radius 3 is 1.98 bits per heavy atom. The van der Waals surface area contributed by atoms with Gasteiger partial charge in [0.15, 0.2) is 0 Å². The molecule has 1 fully saturated rings. The van der Waals surface area contributed by atoms with Crippen molar-refractivity contribution >= 4 is 38.7 Å². The number of carboxylic acid groups (broad SMARTS) is 1. The average molecular weight is 664 g/mol. The first kappa shape index (κ1) is 35.8. The van der Waals surface area contributed by atoms with E-state index in [-0.39, 0.29) is 12.5 Å². The molecule has 9 nitrogen and oxygen atoms in total. The molecule has 0 amide bonds. The summed E-state index contributed by atoms with van der Waals surface area (Å²) in [4.78, 5) is 19.9. The molecule has 1 saturated carbocycles. The summed E-state index contributed by atoms with van der Waals surface area (Å²) in [6, 6.07) is 12.2. The first-order chi connectivity index (χ1) is 21.1. The number of nitrogens with one attached hydrogen (secondary N) is 2. The van der Waals surface area contributed by atoms with E-state index in [1.807, 2.05) is 24.3 Å². The maximum absolute atomic E-state index is 13.3. The van der Waals surface area contributed by atoms with Gasteiger partial charge < -0.3 is 15.3 Å². The number of aromatic nitrogens is 2. The minimum absolute atomic E-state index is 0.0743. The van der Waals surface area contributed by atoms with Crippen LogP contribution in [0.2, 0.25) is 0 Å². The zero-order valence-corrected chi connectivity index (χ0v) is 25.4. The zero-order chi connectivity index (χ0) is 33.4. The topological polar surface area (TPSA) is 125 Å². The minimum Gasteiger partial charge on any atom is -0.475 e. The standard InChI is InChI=1S/C27H34F3N5O2S.C2HF3O2/c1-3-35(4-2)25-21-9-5-7-11-23(21)33-26(34-25)31-17-19-13-15-20(16-14-19)18-32-38(36,37)24-12-8-6-10-22(24)27(28,29)30;3-2(4,5)1(6)7/h5-12,19-20,32H,3-4,13-18H2,1-2H3,(H,31,33,34);(H,6,7). The Balaban J connectivity index is 0.000000707. The fourth-order valence-corrected chi connectivity index (χ4v) is 6.36. The van der Waals surface area contributed by atoms with Gasteiger partial charge in [0.2, 0.25) is 16.0 Å². The number of aliphatic carboxylic acids is 1. The lowest BCUT2D eigenvalue weighted by molar-refractivity contribution is -0.192. The summed E-state index contributed by atoms with van der Waals surface area (Å²) in [7, 11) is -4.27. The number of fused-ring (bicyclic) bond motifs is 1. The van der Waals surface area contributed by atoms with E-state index in [1.54, 1.807) is 0 Å². The first-order valence-corrected chi connectivity index (χ1v) is 15.8. The molecule has 3 N–H and O–H groups in total. The molecule has 3 aromatic rings. The molecule has 45 heavy (non-hydrogen) atoms. The highest BCUT2D eigenvalue weighted by Crippen LogP contribution is 2.34. The van der Waals surface area contributed by atoms with E-state index < -0.39 is 38.8 Å². The largest absolute Gasteiger partial charge is 0.490 e. The van der Waals surface area contributed by atoms with Gasteiger partial charge in [-0.1, -0.05) is 24.3 Å². The highest BCUT2D eigenvalue weighted by molar-refractivity contribution is 7.89. The Bertz CT molecular complexity index is 1540. The molecular weight excluding hydrogens is 628 g/mol. The molecule has 0 radical (unpaired) electrons. The predicted molar refractivity (Wildman–Crippen MR) is 157 cm³/mol. The molecule has 0 spiro atoms. The number of para-hydroxylation sites is 1. The van der Waals surface area contributed by atoms with E-state index in [1.165, 1.54) is 12.1 Å². The number of hydrogen-bond acceptors (Lipinski definition) is 7. The van der Waals surface area contributed by atoms with Crippen LogP contribution >= 0.6 is 0 Å². The number of carbonyl (C=O) groups is 1. The number of halogens is 6. The van der Waals surface area contributed by atoms with Gasteiger partial charge >= 0.3 is 18.3 Å². The summed E-state index contributed by atoms with van der Waals surface area (Å²) in [5.74, 6) is -0.812. The Morgan fingerprint density at radius 1 is 0.889 bits per heavy atom. The van der Waals surface area contributed by atoms with Crippen molar-refractivity contribution in [2.24, 2.45) is 11.8 Å². The second kappa shape index (κ2) is 15.1. The first-order valence-electron chi connectivity index (χ1n) is 14.3. The van der Waals surface area contributed by atoms with Gasteiger partial charge in [0, 0.05) is 31.6 Å².